The Balaban J connectivity index is 1.48. The van der Waals surface area contributed by atoms with Crippen LogP contribution in [0, 0.1) is 11.6 Å². The van der Waals surface area contributed by atoms with Gasteiger partial charge in [0.1, 0.15) is 46.1 Å². The van der Waals surface area contributed by atoms with Crippen LogP contribution in [0.1, 0.15) is 0 Å². The first-order chi connectivity index (χ1) is 26.1. The zero-order valence-electron chi connectivity index (χ0n) is 28.1. The van der Waals surface area contributed by atoms with Crippen LogP contribution in [0.5, 0.6) is 34.5 Å². The van der Waals surface area contributed by atoms with E-state index in [9.17, 15) is 8.78 Å². The Labute approximate surface area is 311 Å². The number of nitrogens with zero attached hydrogens (tertiary/aromatic N) is 3. The zero-order chi connectivity index (χ0) is 37.7. The molecule has 0 bridgehead atoms. The maximum atomic E-state index is 14.2. The summed E-state index contributed by atoms with van der Waals surface area (Å²) in [6.45, 7) is 0. The van der Waals surface area contributed by atoms with Gasteiger partial charge in [-0.15, -0.1) is 4.52 Å². The molecular weight excluding hydrogens is 757 g/mol. The van der Waals surface area contributed by atoms with Crippen LogP contribution in [-0.2, 0) is 0 Å². The molecule has 1 aliphatic heterocycles. The molecule has 1 aliphatic rings. The fourth-order valence-electron chi connectivity index (χ4n) is 4.55. The molecule has 0 saturated heterocycles. The van der Waals surface area contributed by atoms with Gasteiger partial charge in [0, 0.05) is 32.0 Å². The molecule has 0 amide bonds. The van der Waals surface area contributed by atoms with Crippen LogP contribution in [0.4, 0.5) is 31.5 Å². The van der Waals surface area contributed by atoms with Gasteiger partial charge in [-0.3, -0.25) is 0 Å². The predicted molar refractivity (Wildman–Crippen MR) is 207 cm³/mol. The second-order valence-corrected chi connectivity index (χ2v) is 16.8. The largest absolute Gasteiger partial charge is 0.447 e. The van der Waals surface area contributed by atoms with E-state index in [1.165, 1.54) is 57.7 Å². The van der Waals surface area contributed by atoms with E-state index < -0.39 is 36.2 Å². The number of hydrogen-bond acceptors (Lipinski definition) is 13. The van der Waals surface area contributed by atoms with Gasteiger partial charge >= 0.3 is 24.6 Å². The lowest BCUT2D eigenvalue weighted by molar-refractivity contribution is 0.0546. The molecule has 0 saturated carbocycles. The second kappa shape index (κ2) is 16.1. The van der Waals surface area contributed by atoms with Crippen molar-refractivity contribution < 1.29 is 36.6 Å². The van der Waals surface area contributed by atoms with E-state index in [4.69, 9.17) is 55.2 Å². The van der Waals surface area contributed by atoms with E-state index in [1.54, 1.807) is 97.1 Å². The first-order valence-electron chi connectivity index (χ1n) is 16.0. The van der Waals surface area contributed by atoms with E-state index in [-0.39, 0.29) is 17.2 Å². The van der Waals surface area contributed by atoms with Gasteiger partial charge in [0.2, 0.25) is 0 Å². The van der Waals surface area contributed by atoms with Gasteiger partial charge in [-0.05, 0) is 146 Å². The molecule has 0 spiro atoms. The molecule has 13 nitrogen and oxygen atoms in total. The Morgan fingerprint density at radius 3 is 1.22 bits per heavy atom. The van der Waals surface area contributed by atoms with Crippen molar-refractivity contribution in [1.29, 1.82) is 0 Å². The fraction of sp³-hybridized carbons (Fsp3) is 0. The van der Waals surface area contributed by atoms with Crippen molar-refractivity contribution in [2.45, 2.75) is 0 Å². The molecular formula is C36H32F2N7O6P3. The summed E-state index contributed by atoms with van der Waals surface area (Å²) in [7, 11) is -8.90. The number of halogens is 2. The van der Waals surface area contributed by atoms with E-state index >= 15 is 0 Å². The van der Waals surface area contributed by atoms with Crippen LogP contribution < -0.4 is 50.7 Å². The summed E-state index contributed by atoms with van der Waals surface area (Å²) < 4.78 is 63.0. The van der Waals surface area contributed by atoms with E-state index in [0.717, 1.165) is 0 Å². The highest BCUT2D eigenvalue weighted by atomic mass is 31.3. The molecule has 7 rings (SSSR count). The summed E-state index contributed by atoms with van der Waals surface area (Å²) in [5, 5.41) is 0. The molecule has 0 aliphatic carbocycles. The molecule has 6 aromatic rings. The van der Waals surface area contributed by atoms with Crippen LogP contribution in [0.15, 0.2) is 150 Å². The fourth-order valence-corrected chi connectivity index (χ4v) is 12.0. The van der Waals surface area contributed by atoms with Crippen molar-refractivity contribution in [3.05, 3.63) is 157 Å². The minimum atomic E-state index is -4.13. The lowest BCUT2D eigenvalue weighted by atomic mass is 10.3. The van der Waals surface area contributed by atoms with Gasteiger partial charge in [-0.25, -0.2) is 8.78 Å². The number of anilines is 4. The molecule has 276 valence electrons. The summed E-state index contributed by atoms with van der Waals surface area (Å²) in [5.41, 5.74) is 26.0. The third kappa shape index (κ3) is 8.86. The Bertz CT molecular complexity index is 2170. The SMILES string of the molecule is Nc1ccc(ON2P(Oc3ccc(N)cc3)N=P(Oc3ccc(F)cc3)(Oc3ccc(F)cc3)N(Oc3ccc(N)cc3)P2Oc2ccc(N)cc2)cc1. The molecule has 0 fully saturated rings. The van der Waals surface area contributed by atoms with Crippen molar-refractivity contribution in [3.63, 3.8) is 0 Å². The van der Waals surface area contributed by atoms with Crippen LogP contribution in [0.2, 0.25) is 0 Å². The molecule has 8 N–H and O–H groups in total. The quantitative estimate of drug-likeness (QED) is 0.0682. The minimum absolute atomic E-state index is 0.152. The Kier molecular flexibility index (Phi) is 10.9. The van der Waals surface area contributed by atoms with Gasteiger partial charge in [-0.2, -0.15) is 0 Å². The zero-order valence-corrected chi connectivity index (χ0v) is 30.7. The molecule has 0 radical (unpaired) electrons. The average Bonchev–Trinajstić information content (AvgIpc) is 3.16. The normalized spacial score (nSPS) is 16.8. The second-order valence-electron chi connectivity index (χ2n) is 11.3. The highest BCUT2D eigenvalue weighted by Crippen LogP contribution is 2.77. The molecule has 18 heteroatoms. The van der Waals surface area contributed by atoms with Crippen molar-refractivity contribution >= 4 is 47.3 Å². The van der Waals surface area contributed by atoms with Crippen LogP contribution in [-0.4, -0.2) is 9.21 Å². The van der Waals surface area contributed by atoms with E-state index in [1.807, 2.05) is 0 Å². The highest BCUT2D eigenvalue weighted by molar-refractivity contribution is 7.78. The summed E-state index contributed by atoms with van der Waals surface area (Å²) in [5.74, 6) is 0.629. The molecule has 6 aromatic carbocycles. The molecule has 54 heavy (non-hydrogen) atoms. The first-order valence-corrected chi connectivity index (χ1v) is 19.8. The van der Waals surface area contributed by atoms with Crippen molar-refractivity contribution in [3.8, 4) is 34.5 Å². The minimum Gasteiger partial charge on any atom is -0.440 e. The van der Waals surface area contributed by atoms with Crippen molar-refractivity contribution in [2.24, 2.45) is 4.52 Å². The standard InChI is InChI=1S/C36H32F2N7O6P3/c37-25-1-13-35(14-2-25)50-54(51-36-15-3-26(38)4-16-36)43-52(48-33-21-9-29(41)10-22-33)44(46-31-17-5-27(39)6-18-31)53(49-34-23-11-30(42)12-24-34)45(54)47-32-19-7-28(40)8-20-32/h1-24H,39-42H2. The summed E-state index contributed by atoms with van der Waals surface area (Å²) in [6.07, 6.45) is 0. The van der Waals surface area contributed by atoms with Crippen LogP contribution >= 0.6 is 24.6 Å². The summed E-state index contributed by atoms with van der Waals surface area (Å²) in [4.78, 5) is 13.2. The van der Waals surface area contributed by atoms with Crippen LogP contribution in [0.3, 0.4) is 0 Å². The van der Waals surface area contributed by atoms with Gasteiger partial charge in [-0.1, -0.05) is 0 Å². The van der Waals surface area contributed by atoms with Gasteiger partial charge in [0.25, 0.3) is 0 Å². The third-order valence-corrected chi connectivity index (χ3v) is 14.0. The lowest BCUT2D eigenvalue weighted by Gasteiger charge is -2.43. The van der Waals surface area contributed by atoms with Gasteiger partial charge in [0.15, 0.2) is 0 Å². The monoisotopic (exact) mass is 789 g/mol. The number of benzene rings is 6. The Morgan fingerprint density at radius 2 is 0.796 bits per heavy atom. The number of hydrogen-bond donors (Lipinski definition) is 4. The highest BCUT2D eigenvalue weighted by Gasteiger charge is 2.58. The van der Waals surface area contributed by atoms with E-state index in [0.29, 0.717) is 40.0 Å². The number of nitrogens with two attached hydrogens (primary N) is 4. The molecule has 0 aromatic heterocycles. The van der Waals surface area contributed by atoms with Gasteiger partial charge < -0.3 is 50.7 Å². The van der Waals surface area contributed by atoms with Gasteiger partial charge in [0.05, 0.1) is 0 Å². The molecule has 1 heterocycles. The summed E-state index contributed by atoms with van der Waals surface area (Å²) >= 11 is 0. The lowest BCUT2D eigenvalue weighted by Crippen LogP contribution is -2.37. The third-order valence-electron chi connectivity index (χ3n) is 7.19. The number of nitrogen functional groups attached to an aromatic ring is 4. The Morgan fingerprint density at radius 1 is 0.444 bits per heavy atom. The summed E-state index contributed by atoms with van der Waals surface area (Å²) in [6, 6.07) is 37.0. The molecule has 2 atom stereocenters. The van der Waals surface area contributed by atoms with Crippen LogP contribution in [0.25, 0.3) is 0 Å². The number of rotatable bonds is 12. The predicted octanol–water partition coefficient (Wildman–Crippen LogP) is 9.91. The maximum absolute atomic E-state index is 14.2. The average molecular weight is 790 g/mol. The maximum Gasteiger partial charge on any atom is 0.447 e. The van der Waals surface area contributed by atoms with Crippen molar-refractivity contribution in [2.75, 3.05) is 22.9 Å². The Hall–Kier alpha value is -5.81. The van der Waals surface area contributed by atoms with E-state index in [2.05, 4.69) is 0 Å². The topological polar surface area (TPSA) is 178 Å². The smallest absolute Gasteiger partial charge is 0.440 e. The van der Waals surface area contributed by atoms with Crippen molar-refractivity contribution in [1.82, 2.24) is 9.21 Å². The molecule has 2 unspecified atom stereocenters. The first kappa shape index (κ1) is 36.5.